The highest BCUT2D eigenvalue weighted by Crippen LogP contribution is 2.21. The molecule has 2 aromatic rings. The van der Waals surface area contributed by atoms with Gasteiger partial charge in [-0.1, -0.05) is 41.9 Å². The zero-order valence-electron chi connectivity index (χ0n) is 15.1. The van der Waals surface area contributed by atoms with Crippen molar-refractivity contribution in [2.75, 3.05) is 11.9 Å². The predicted octanol–water partition coefficient (Wildman–Crippen LogP) is 3.26. The highest BCUT2D eigenvalue weighted by Gasteiger charge is 2.14. The van der Waals surface area contributed by atoms with E-state index in [2.05, 4.69) is 10.6 Å². The molecule has 0 aliphatic rings. The van der Waals surface area contributed by atoms with Crippen LogP contribution >= 0.6 is 11.6 Å². The molecule has 2 N–H and O–H groups in total. The van der Waals surface area contributed by atoms with Crippen LogP contribution in [-0.2, 0) is 25.5 Å². The summed E-state index contributed by atoms with van der Waals surface area (Å²) in [5.74, 6) is -1.08. The van der Waals surface area contributed by atoms with Crippen LogP contribution in [0.2, 0.25) is 5.02 Å². The van der Waals surface area contributed by atoms with E-state index >= 15 is 0 Å². The molecule has 2 rings (SSSR count). The molecule has 142 valence electrons. The molecule has 0 unspecified atom stereocenters. The molecule has 0 heterocycles. The Bertz CT molecular complexity index is 821. The van der Waals surface area contributed by atoms with Crippen molar-refractivity contribution in [2.24, 2.45) is 0 Å². The lowest BCUT2D eigenvalue weighted by atomic mass is 10.1. The van der Waals surface area contributed by atoms with Crippen molar-refractivity contribution in [3.63, 3.8) is 0 Å². The Hall–Kier alpha value is -2.86. The van der Waals surface area contributed by atoms with Crippen LogP contribution in [0.25, 0.3) is 0 Å². The van der Waals surface area contributed by atoms with Gasteiger partial charge in [0.25, 0.3) is 5.91 Å². The maximum Gasteiger partial charge on any atom is 0.310 e. The molecule has 0 aliphatic heterocycles. The number of hydrogen-bond donors (Lipinski definition) is 2. The van der Waals surface area contributed by atoms with Crippen molar-refractivity contribution < 1.29 is 19.1 Å². The number of rotatable bonds is 7. The highest BCUT2D eigenvalue weighted by molar-refractivity contribution is 6.31. The first-order chi connectivity index (χ1) is 12.8. The zero-order chi connectivity index (χ0) is 19.8. The van der Waals surface area contributed by atoms with Crippen molar-refractivity contribution in [3.8, 4) is 0 Å². The fraction of sp³-hybridized carbons (Fsp3) is 0.250. The highest BCUT2D eigenvalue weighted by atomic mass is 35.5. The summed E-state index contributed by atoms with van der Waals surface area (Å²) in [7, 11) is 0. The average Bonchev–Trinajstić information content (AvgIpc) is 2.61. The molecule has 0 aromatic heterocycles. The second kappa shape index (κ2) is 9.73. The van der Waals surface area contributed by atoms with Gasteiger partial charge in [-0.05, 0) is 36.2 Å². The number of anilines is 1. The molecule has 0 saturated carbocycles. The standard InChI is InChI=1S/C20H21ClN2O4/c1-13(17-5-3-4-6-18(17)21)22-19(25)12-27-20(26)11-15-7-9-16(10-8-15)23-14(2)24/h3-10,13H,11-12H2,1-2H3,(H,22,25)(H,23,24)/t13-/m0/s1. The molecule has 0 fully saturated rings. The molecular formula is C20H21ClN2O4. The van der Waals surface area contributed by atoms with E-state index in [0.29, 0.717) is 10.7 Å². The number of nitrogens with one attached hydrogen (secondary N) is 2. The Morgan fingerprint density at radius 2 is 1.74 bits per heavy atom. The molecule has 2 amide bonds. The number of esters is 1. The third kappa shape index (κ3) is 6.75. The number of benzene rings is 2. The van der Waals surface area contributed by atoms with E-state index in [1.54, 1.807) is 37.3 Å². The first-order valence-electron chi connectivity index (χ1n) is 8.41. The van der Waals surface area contributed by atoms with Crippen molar-refractivity contribution >= 4 is 35.1 Å². The minimum absolute atomic E-state index is 0.0354. The molecule has 7 heteroatoms. The lowest BCUT2D eigenvalue weighted by molar-refractivity contribution is -0.148. The zero-order valence-corrected chi connectivity index (χ0v) is 15.9. The predicted molar refractivity (Wildman–Crippen MR) is 103 cm³/mol. The van der Waals surface area contributed by atoms with Crippen LogP contribution in [0.1, 0.15) is 31.0 Å². The first kappa shape index (κ1) is 20.5. The van der Waals surface area contributed by atoms with Crippen molar-refractivity contribution in [3.05, 3.63) is 64.7 Å². The van der Waals surface area contributed by atoms with Gasteiger partial charge in [-0.25, -0.2) is 0 Å². The van der Waals surface area contributed by atoms with Gasteiger partial charge in [-0.3, -0.25) is 14.4 Å². The van der Waals surface area contributed by atoms with Crippen LogP contribution in [0.5, 0.6) is 0 Å². The van der Waals surface area contributed by atoms with Gasteiger partial charge in [-0.15, -0.1) is 0 Å². The Kier molecular flexibility index (Phi) is 7.37. The van der Waals surface area contributed by atoms with Crippen LogP contribution in [0.15, 0.2) is 48.5 Å². The summed E-state index contributed by atoms with van der Waals surface area (Å²) in [5, 5.41) is 5.94. The second-order valence-corrected chi connectivity index (χ2v) is 6.43. The molecule has 2 aromatic carbocycles. The summed E-state index contributed by atoms with van der Waals surface area (Å²) in [6.45, 7) is 2.86. The quantitative estimate of drug-likeness (QED) is 0.713. The molecular weight excluding hydrogens is 368 g/mol. The number of halogens is 1. The van der Waals surface area contributed by atoms with Crippen LogP contribution in [0.3, 0.4) is 0 Å². The third-order valence-corrected chi connectivity index (χ3v) is 4.08. The van der Waals surface area contributed by atoms with Crippen molar-refractivity contribution in [2.45, 2.75) is 26.3 Å². The van der Waals surface area contributed by atoms with Crippen LogP contribution in [-0.4, -0.2) is 24.4 Å². The second-order valence-electron chi connectivity index (χ2n) is 6.03. The van der Waals surface area contributed by atoms with E-state index in [0.717, 1.165) is 11.1 Å². The molecule has 27 heavy (non-hydrogen) atoms. The Labute approximate surface area is 162 Å². The van der Waals surface area contributed by atoms with Crippen LogP contribution in [0, 0.1) is 0 Å². The van der Waals surface area contributed by atoms with Gasteiger partial charge in [0.2, 0.25) is 5.91 Å². The number of ether oxygens (including phenoxy) is 1. The third-order valence-electron chi connectivity index (χ3n) is 3.74. The largest absolute Gasteiger partial charge is 0.455 e. The smallest absolute Gasteiger partial charge is 0.310 e. The maximum atomic E-state index is 12.0. The summed E-state index contributed by atoms with van der Waals surface area (Å²) in [6, 6.07) is 13.7. The lowest BCUT2D eigenvalue weighted by Crippen LogP contribution is -2.31. The minimum Gasteiger partial charge on any atom is -0.455 e. The summed E-state index contributed by atoms with van der Waals surface area (Å²) < 4.78 is 5.02. The average molecular weight is 389 g/mol. The van der Waals surface area contributed by atoms with E-state index in [1.165, 1.54) is 6.92 Å². The molecule has 0 saturated heterocycles. The Balaban J connectivity index is 1.78. The maximum absolute atomic E-state index is 12.0. The molecule has 0 bridgehead atoms. The number of carbonyl (C=O) groups is 3. The van der Waals surface area contributed by atoms with Gasteiger partial charge in [0, 0.05) is 17.6 Å². The normalized spacial score (nSPS) is 11.4. The SMILES string of the molecule is CC(=O)Nc1ccc(CC(=O)OCC(=O)N[C@@H](C)c2ccccc2Cl)cc1. The van der Waals surface area contributed by atoms with Gasteiger partial charge >= 0.3 is 5.97 Å². The van der Waals surface area contributed by atoms with E-state index < -0.39 is 11.9 Å². The van der Waals surface area contributed by atoms with E-state index in [4.69, 9.17) is 16.3 Å². The topological polar surface area (TPSA) is 84.5 Å². The fourth-order valence-corrected chi connectivity index (χ4v) is 2.76. The lowest BCUT2D eigenvalue weighted by Gasteiger charge is -2.15. The molecule has 6 nitrogen and oxygen atoms in total. The van der Waals surface area contributed by atoms with E-state index in [1.807, 2.05) is 18.2 Å². The monoisotopic (exact) mass is 388 g/mol. The fourth-order valence-electron chi connectivity index (χ4n) is 2.46. The van der Waals surface area contributed by atoms with Gasteiger partial charge in [0.15, 0.2) is 6.61 Å². The summed E-state index contributed by atoms with van der Waals surface area (Å²) in [4.78, 5) is 34.8. The Morgan fingerprint density at radius 3 is 2.37 bits per heavy atom. The van der Waals surface area contributed by atoms with Gasteiger partial charge in [-0.2, -0.15) is 0 Å². The number of hydrogen-bond acceptors (Lipinski definition) is 4. The van der Waals surface area contributed by atoms with Gasteiger partial charge in [0.05, 0.1) is 12.5 Å². The van der Waals surface area contributed by atoms with Gasteiger partial charge < -0.3 is 15.4 Å². The summed E-state index contributed by atoms with van der Waals surface area (Å²) in [6.07, 6.45) is 0.0354. The molecule has 0 aliphatic carbocycles. The summed E-state index contributed by atoms with van der Waals surface area (Å²) >= 11 is 6.10. The molecule has 1 atom stereocenters. The number of amides is 2. The van der Waals surface area contributed by atoms with E-state index in [-0.39, 0.29) is 25.0 Å². The first-order valence-corrected chi connectivity index (χ1v) is 8.79. The van der Waals surface area contributed by atoms with Crippen molar-refractivity contribution in [1.82, 2.24) is 5.32 Å². The number of carbonyl (C=O) groups excluding carboxylic acids is 3. The van der Waals surface area contributed by atoms with Gasteiger partial charge in [0.1, 0.15) is 0 Å². The molecule has 0 spiro atoms. The van der Waals surface area contributed by atoms with Crippen LogP contribution < -0.4 is 10.6 Å². The minimum atomic E-state index is -0.511. The molecule has 0 radical (unpaired) electrons. The Morgan fingerprint density at radius 1 is 1.07 bits per heavy atom. The van der Waals surface area contributed by atoms with E-state index in [9.17, 15) is 14.4 Å². The van der Waals surface area contributed by atoms with Crippen molar-refractivity contribution in [1.29, 1.82) is 0 Å². The van der Waals surface area contributed by atoms with Crippen LogP contribution in [0.4, 0.5) is 5.69 Å². The summed E-state index contributed by atoms with van der Waals surface area (Å²) in [5.41, 5.74) is 2.16.